The van der Waals surface area contributed by atoms with Crippen molar-refractivity contribution in [1.29, 1.82) is 0 Å². The number of likely N-dealkylation sites (N-methyl/N-ethyl adjacent to an activating group) is 1. The molecule has 5 nitrogen and oxygen atoms in total. The summed E-state index contributed by atoms with van der Waals surface area (Å²) in [5, 5.41) is 3.67. The van der Waals surface area contributed by atoms with E-state index in [-0.39, 0.29) is 11.9 Å². The number of hydrogen-bond donors (Lipinski definition) is 1. The lowest BCUT2D eigenvalue weighted by atomic mass is 10.1. The Morgan fingerprint density at radius 3 is 2.70 bits per heavy atom. The molecule has 0 bridgehead atoms. The molecule has 1 aliphatic heterocycles. The first-order valence-corrected chi connectivity index (χ1v) is 6.50. The van der Waals surface area contributed by atoms with Gasteiger partial charge < -0.3 is 9.88 Å². The number of carbonyl (C=O) groups is 2. The first-order valence-electron chi connectivity index (χ1n) is 6.50. The zero-order valence-electron chi connectivity index (χ0n) is 11.4. The van der Waals surface area contributed by atoms with Gasteiger partial charge in [-0.3, -0.25) is 9.69 Å². The highest BCUT2D eigenvalue weighted by Crippen LogP contribution is 2.23. The van der Waals surface area contributed by atoms with Crippen LogP contribution in [0.3, 0.4) is 0 Å². The zero-order valence-corrected chi connectivity index (χ0v) is 11.4. The predicted octanol–water partition coefficient (Wildman–Crippen LogP) is 2.09. The molecule has 1 aromatic heterocycles. The Bertz CT molecular complexity index is 743. The summed E-state index contributed by atoms with van der Waals surface area (Å²) < 4.78 is 2.00. The average molecular weight is 269 g/mol. The molecular weight excluding hydrogens is 254 g/mol. The van der Waals surface area contributed by atoms with E-state index in [9.17, 15) is 9.59 Å². The molecule has 102 valence electrons. The molecule has 2 heterocycles. The molecule has 0 aliphatic carbocycles. The number of nitrogens with zero attached hydrogens (tertiary/aromatic N) is 2. The van der Waals surface area contributed by atoms with Crippen LogP contribution in [0.5, 0.6) is 0 Å². The molecule has 20 heavy (non-hydrogen) atoms. The Hall–Kier alpha value is -2.56. The number of imide groups is 1. The van der Waals surface area contributed by atoms with Crippen LogP contribution in [0.4, 0.5) is 4.79 Å². The number of rotatable bonds is 2. The topological polar surface area (TPSA) is 54.3 Å². The second-order valence-corrected chi connectivity index (χ2v) is 4.75. The Labute approximate surface area is 116 Å². The maximum Gasteiger partial charge on any atom is 0.328 e. The van der Waals surface area contributed by atoms with Crippen molar-refractivity contribution < 1.29 is 9.59 Å². The maximum atomic E-state index is 12.1. The van der Waals surface area contributed by atoms with Crippen LogP contribution in [0.15, 0.2) is 36.2 Å². The third-order valence-electron chi connectivity index (χ3n) is 3.51. The number of aromatic nitrogens is 1. The van der Waals surface area contributed by atoms with Gasteiger partial charge in [-0.05, 0) is 19.1 Å². The van der Waals surface area contributed by atoms with E-state index in [4.69, 9.17) is 0 Å². The normalized spacial score (nSPS) is 17.3. The molecule has 1 saturated heterocycles. The van der Waals surface area contributed by atoms with Crippen LogP contribution in [0.25, 0.3) is 17.0 Å². The number of fused-ring (bicyclic) bond motifs is 1. The van der Waals surface area contributed by atoms with Gasteiger partial charge in [-0.15, -0.1) is 0 Å². The quantitative estimate of drug-likeness (QED) is 0.670. The predicted molar refractivity (Wildman–Crippen MR) is 76.8 cm³/mol. The maximum absolute atomic E-state index is 12.1. The van der Waals surface area contributed by atoms with Crippen LogP contribution in [-0.4, -0.2) is 28.0 Å². The van der Waals surface area contributed by atoms with Crippen molar-refractivity contribution in [2.75, 3.05) is 6.54 Å². The third kappa shape index (κ3) is 1.79. The molecule has 0 saturated carbocycles. The summed E-state index contributed by atoms with van der Waals surface area (Å²) in [6.45, 7) is 2.15. The van der Waals surface area contributed by atoms with Gasteiger partial charge >= 0.3 is 6.03 Å². The lowest BCUT2D eigenvalue weighted by molar-refractivity contribution is -0.122. The molecule has 1 N–H and O–H groups in total. The molecule has 1 aromatic carbocycles. The lowest BCUT2D eigenvalue weighted by Gasteiger charge is -2.05. The number of benzene rings is 1. The second-order valence-electron chi connectivity index (χ2n) is 4.75. The van der Waals surface area contributed by atoms with Crippen LogP contribution in [0, 0.1) is 0 Å². The molecule has 0 unspecified atom stereocenters. The van der Waals surface area contributed by atoms with Crippen LogP contribution >= 0.6 is 0 Å². The first kappa shape index (κ1) is 12.5. The van der Waals surface area contributed by atoms with Gasteiger partial charge in [-0.2, -0.15) is 0 Å². The highest BCUT2D eigenvalue weighted by Gasteiger charge is 2.32. The van der Waals surface area contributed by atoms with E-state index in [1.807, 2.05) is 42.1 Å². The number of amides is 3. The van der Waals surface area contributed by atoms with Crippen molar-refractivity contribution in [2.45, 2.75) is 6.92 Å². The molecule has 0 atom stereocenters. The van der Waals surface area contributed by atoms with E-state index in [0.717, 1.165) is 16.5 Å². The van der Waals surface area contributed by atoms with E-state index in [0.29, 0.717) is 12.2 Å². The van der Waals surface area contributed by atoms with Gasteiger partial charge in [-0.1, -0.05) is 18.2 Å². The van der Waals surface area contributed by atoms with Crippen molar-refractivity contribution in [3.05, 3.63) is 41.7 Å². The number of hydrogen-bond acceptors (Lipinski definition) is 2. The fourth-order valence-electron chi connectivity index (χ4n) is 2.50. The molecule has 0 spiro atoms. The van der Waals surface area contributed by atoms with Gasteiger partial charge in [-0.25, -0.2) is 4.79 Å². The van der Waals surface area contributed by atoms with E-state index in [1.165, 1.54) is 4.90 Å². The minimum absolute atomic E-state index is 0.273. The Kier molecular flexibility index (Phi) is 2.82. The fraction of sp³-hybridized carbons (Fsp3) is 0.200. The highest BCUT2D eigenvalue weighted by molar-refractivity contribution is 6.14. The molecule has 1 fully saturated rings. The number of para-hydroxylation sites is 1. The van der Waals surface area contributed by atoms with Gasteiger partial charge in [0.1, 0.15) is 5.70 Å². The highest BCUT2D eigenvalue weighted by atomic mass is 16.2. The lowest BCUT2D eigenvalue weighted by Crippen LogP contribution is -2.30. The van der Waals surface area contributed by atoms with Crippen molar-refractivity contribution in [2.24, 2.45) is 7.05 Å². The minimum atomic E-state index is -0.357. The Balaban J connectivity index is 2.08. The first-order chi connectivity index (χ1) is 9.61. The molecule has 3 rings (SSSR count). The minimum Gasteiger partial charge on any atom is -0.350 e. The van der Waals surface area contributed by atoms with Crippen molar-refractivity contribution >= 4 is 28.9 Å². The van der Waals surface area contributed by atoms with Crippen molar-refractivity contribution in [3.63, 3.8) is 0 Å². The zero-order chi connectivity index (χ0) is 14.3. The average Bonchev–Trinajstić information content (AvgIpc) is 2.89. The van der Waals surface area contributed by atoms with E-state index < -0.39 is 0 Å². The smallest absolute Gasteiger partial charge is 0.328 e. The number of aryl methyl sites for hydroxylation is 1. The van der Waals surface area contributed by atoms with Gasteiger partial charge in [0.2, 0.25) is 0 Å². The number of nitrogens with one attached hydrogen (secondary N) is 1. The van der Waals surface area contributed by atoms with Crippen LogP contribution in [0.2, 0.25) is 0 Å². The standard InChI is InChI=1S/C15H15N3O2/c1-3-18-14(19)12(16-15(18)20)8-10-9-17(2)13-7-5-4-6-11(10)13/h4-9H,3H2,1-2H3,(H,16,20)/b12-8+. The largest absolute Gasteiger partial charge is 0.350 e. The van der Waals surface area contributed by atoms with Gasteiger partial charge in [0.25, 0.3) is 5.91 Å². The summed E-state index contributed by atoms with van der Waals surface area (Å²) in [7, 11) is 1.96. The summed E-state index contributed by atoms with van der Waals surface area (Å²) in [4.78, 5) is 24.9. The van der Waals surface area contributed by atoms with Gasteiger partial charge in [0, 0.05) is 36.3 Å². The van der Waals surface area contributed by atoms with Crippen LogP contribution in [0.1, 0.15) is 12.5 Å². The summed E-state index contributed by atoms with van der Waals surface area (Å²) >= 11 is 0. The SMILES string of the molecule is CCN1C(=O)N/C(=C/c2cn(C)c3ccccc23)C1=O. The van der Waals surface area contributed by atoms with Crippen LogP contribution < -0.4 is 5.32 Å². The molecule has 1 aliphatic rings. The Morgan fingerprint density at radius 1 is 1.25 bits per heavy atom. The Morgan fingerprint density at radius 2 is 2.00 bits per heavy atom. The fourth-order valence-corrected chi connectivity index (χ4v) is 2.50. The molecule has 3 amide bonds. The van der Waals surface area contributed by atoms with Gasteiger partial charge in [0.15, 0.2) is 0 Å². The summed E-state index contributed by atoms with van der Waals surface area (Å²) in [6.07, 6.45) is 3.68. The van der Waals surface area contributed by atoms with E-state index in [1.54, 1.807) is 13.0 Å². The van der Waals surface area contributed by atoms with E-state index >= 15 is 0 Å². The van der Waals surface area contributed by atoms with E-state index in [2.05, 4.69) is 5.32 Å². The van der Waals surface area contributed by atoms with Gasteiger partial charge in [0.05, 0.1) is 0 Å². The monoisotopic (exact) mass is 269 g/mol. The molecular formula is C15H15N3O2. The number of carbonyl (C=O) groups excluding carboxylic acids is 2. The van der Waals surface area contributed by atoms with Crippen molar-refractivity contribution in [1.82, 2.24) is 14.8 Å². The molecule has 0 radical (unpaired) electrons. The summed E-state index contributed by atoms with van der Waals surface area (Å²) in [6, 6.07) is 7.59. The van der Waals surface area contributed by atoms with Crippen LogP contribution in [-0.2, 0) is 11.8 Å². The summed E-state index contributed by atoms with van der Waals surface area (Å²) in [5.74, 6) is -0.273. The molecule has 5 heteroatoms. The molecule has 2 aromatic rings. The second kappa shape index (κ2) is 4.52. The third-order valence-corrected chi connectivity index (χ3v) is 3.51. The summed E-state index contributed by atoms with van der Waals surface area (Å²) in [5.41, 5.74) is 2.33. The number of urea groups is 1. The van der Waals surface area contributed by atoms with Crippen molar-refractivity contribution in [3.8, 4) is 0 Å².